The summed E-state index contributed by atoms with van der Waals surface area (Å²) in [6, 6.07) is 0. The van der Waals surface area contributed by atoms with Gasteiger partial charge in [-0.3, -0.25) is 4.79 Å². The molecule has 0 bridgehead atoms. The topological polar surface area (TPSA) is 36.1 Å². The monoisotopic (exact) mass is 166 g/mol. The molecule has 12 heavy (non-hydrogen) atoms. The van der Waals surface area contributed by atoms with Crippen LogP contribution >= 0.6 is 0 Å². The van der Waals surface area contributed by atoms with Gasteiger partial charge in [0.2, 0.25) is 0 Å². The normalized spacial score (nSPS) is 10.0. The zero-order chi connectivity index (χ0) is 9.30. The Bertz CT molecular complexity index is 280. The fourth-order valence-corrected chi connectivity index (χ4v) is 1.21. The molecular formula is C9H14N2O. The largest absolute Gasteiger partial charge is 0.364 e. The maximum atomic E-state index is 11.6. The molecule has 1 amide bonds. The average molecular weight is 166 g/mol. The average Bonchev–Trinajstić information content (AvgIpc) is 2.30. The van der Waals surface area contributed by atoms with Gasteiger partial charge in [0.1, 0.15) is 0 Å². The van der Waals surface area contributed by atoms with Crippen LogP contribution in [0.2, 0.25) is 0 Å². The first kappa shape index (κ1) is 8.84. The number of amides is 1. The van der Waals surface area contributed by atoms with Crippen LogP contribution in [0.5, 0.6) is 0 Å². The minimum atomic E-state index is 0.0613. The Morgan fingerprint density at radius 3 is 2.33 bits per heavy atom. The van der Waals surface area contributed by atoms with Gasteiger partial charge in [-0.25, -0.2) is 0 Å². The molecule has 0 spiro atoms. The van der Waals surface area contributed by atoms with E-state index in [4.69, 9.17) is 0 Å². The lowest BCUT2D eigenvalue weighted by atomic mass is 10.1. The Morgan fingerprint density at radius 2 is 2.00 bits per heavy atom. The molecule has 1 rings (SSSR count). The van der Waals surface area contributed by atoms with Crippen molar-refractivity contribution < 1.29 is 4.79 Å². The van der Waals surface area contributed by atoms with Crippen molar-refractivity contribution in [1.82, 2.24) is 9.88 Å². The summed E-state index contributed by atoms with van der Waals surface area (Å²) in [4.78, 5) is 16.2. The Hall–Kier alpha value is -1.25. The van der Waals surface area contributed by atoms with E-state index in [2.05, 4.69) is 4.98 Å². The van der Waals surface area contributed by atoms with Crippen LogP contribution in [0.25, 0.3) is 0 Å². The summed E-state index contributed by atoms with van der Waals surface area (Å²) in [5, 5.41) is 0. The predicted molar refractivity (Wildman–Crippen MR) is 48.3 cm³/mol. The maximum Gasteiger partial charge on any atom is 0.255 e. The highest BCUT2D eigenvalue weighted by Gasteiger charge is 2.14. The van der Waals surface area contributed by atoms with Crippen molar-refractivity contribution in [1.29, 1.82) is 0 Å². The van der Waals surface area contributed by atoms with Gasteiger partial charge in [0, 0.05) is 26.0 Å². The molecule has 0 fully saturated rings. The van der Waals surface area contributed by atoms with Gasteiger partial charge in [-0.15, -0.1) is 0 Å². The first-order valence-electron chi connectivity index (χ1n) is 3.90. The summed E-state index contributed by atoms with van der Waals surface area (Å²) in [7, 11) is 3.52. The molecule has 1 heterocycles. The summed E-state index contributed by atoms with van der Waals surface area (Å²) >= 11 is 0. The van der Waals surface area contributed by atoms with Crippen molar-refractivity contribution in [3.05, 3.63) is 23.0 Å². The Balaban J connectivity index is 3.09. The highest BCUT2D eigenvalue weighted by molar-refractivity contribution is 5.96. The van der Waals surface area contributed by atoms with Gasteiger partial charge in [-0.1, -0.05) is 0 Å². The van der Waals surface area contributed by atoms with Crippen molar-refractivity contribution in [2.45, 2.75) is 13.8 Å². The van der Waals surface area contributed by atoms with Crippen molar-refractivity contribution in [2.75, 3.05) is 14.1 Å². The van der Waals surface area contributed by atoms with Crippen LogP contribution in [0.15, 0.2) is 6.20 Å². The first-order valence-corrected chi connectivity index (χ1v) is 3.90. The van der Waals surface area contributed by atoms with Gasteiger partial charge in [-0.2, -0.15) is 0 Å². The number of rotatable bonds is 1. The smallest absolute Gasteiger partial charge is 0.255 e. The molecule has 0 unspecified atom stereocenters. The van der Waals surface area contributed by atoms with Crippen molar-refractivity contribution in [2.24, 2.45) is 0 Å². The van der Waals surface area contributed by atoms with Gasteiger partial charge in [0.25, 0.3) is 5.91 Å². The number of nitrogens with zero attached hydrogens (tertiary/aromatic N) is 1. The molecule has 0 aromatic carbocycles. The molecule has 66 valence electrons. The lowest BCUT2D eigenvalue weighted by Crippen LogP contribution is -2.22. The number of H-pyrrole nitrogens is 1. The highest BCUT2D eigenvalue weighted by Crippen LogP contribution is 2.13. The van der Waals surface area contributed by atoms with Crippen molar-refractivity contribution >= 4 is 5.91 Å². The molecule has 0 aliphatic carbocycles. The molecule has 0 aliphatic heterocycles. The molecule has 0 saturated heterocycles. The number of aryl methyl sites for hydroxylation is 2. The van der Waals surface area contributed by atoms with Gasteiger partial charge in [0.15, 0.2) is 0 Å². The maximum absolute atomic E-state index is 11.6. The third-order valence-corrected chi connectivity index (χ3v) is 1.89. The minimum Gasteiger partial charge on any atom is -0.364 e. The zero-order valence-electron chi connectivity index (χ0n) is 7.93. The summed E-state index contributed by atoms with van der Waals surface area (Å²) in [5.41, 5.74) is 2.73. The number of hydrogen-bond donors (Lipinski definition) is 1. The van der Waals surface area contributed by atoms with E-state index in [1.54, 1.807) is 19.0 Å². The van der Waals surface area contributed by atoms with Gasteiger partial charge in [-0.05, 0) is 19.4 Å². The van der Waals surface area contributed by atoms with E-state index in [1.165, 1.54) is 0 Å². The van der Waals surface area contributed by atoms with Crippen LogP contribution in [-0.4, -0.2) is 29.9 Å². The SMILES string of the molecule is Cc1c[nH]c(C)c1C(=O)N(C)C. The summed E-state index contributed by atoms with van der Waals surface area (Å²) < 4.78 is 0. The number of carbonyl (C=O) groups is 1. The van der Waals surface area contributed by atoms with E-state index in [-0.39, 0.29) is 5.91 Å². The fraction of sp³-hybridized carbons (Fsp3) is 0.444. The second-order valence-electron chi connectivity index (χ2n) is 3.17. The second kappa shape index (κ2) is 3.01. The Morgan fingerprint density at radius 1 is 1.42 bits per heavy atom. The summed E-state index contributed by atoms with van der Waals surface area (Å²) in [6.07, 6.45) is 1.85. The van der Waals surface area contributed by atoms with Gasteiger partial charge >= 0.3 is 0 Å². The standard InChI is InChI=1S/C9H14N2O/c1-6-5-10-7(2)8(6)9(12)11(3)4/h5,10H,1-4H3. The molecule has 0 saturated carbocycles. The molecule has 0 radical (unpaired) electrons. The number of carbonyl (C=O) groups excluding carboxylic acids is 1. The van der Waals surface area contributed by atoms with Crippen LogP contribution in [0.1, 0.15) is 21.6 Å². The molecule has 1 aromatic rings. The number of hydrogen-bond acceptors (Lipinski definition) is 1. The molecule has 0 aliphatic rings. The molecule has 1 N–H and O–H groups in total. The summed E-state index contributed by atoms with van der Waals surface area (Å²) in [5.74, 6) is 0.0613. The van der Waals surface area contributed by atoms with E-state index < -0.39 is 0 Å². The van der Waals surface area contributed by atoms with Crippen LogP contribution in [0, 0.1) is 13.8 Å². The third-order valence-electron chi connectivity index (χ3n) is 1.89. The Kier molecular flexibility index (Phi) is 2.22. The van der Waals surface area contributed by atoms with Crippen LogP contribution in [0.4, 0.5) is 0 Å². The molecule has 3 nitrogen and oxygen atoms in total. The Labute approximate surface area is 72.4 Å². The van der Waals surface area contributed by atoms with E-state index in [1.807, 2.05) is 20.0 Å². The lowest BCUT2D eigenvalue weighted by Gasteiger charge is -2.10. The second-order valence-corrected chi connectivity index (χ2v) is 3.17. The molecule has 1 aromatic heterocycles. The summed E-state index contributed by atoms with van der Waals surface area (Å²) in [6.45, 7) is 3.84. The molecule has 0 atom stereocenters. The van der Waals surface area contributed by atoms with Gasteiger partial charge < -0.3 is 9.88 Å². The van der Waals surface area contributed by atoms with Crippen molar-refractivity contribution in [3.8, 4) is 0 Å². The lowest BCUT2D eigenvalue weighted by molar-refractivity contribution is 0.0826. The zero-order valence-corrected chi connectivity index (χ0v) is 7.93. The number of aromatic nitrogens is 1. The van der Waals surface area contributed by atoms with Crippen LogP contribution in [0.3, 0.4) is 0 Å². The fourth-order valence-electron chi connectivity index (χ4n) is 1.21. The van der Waals surface area contributed by atoms with E-state index in [9.17, 15) is 4.79 Å². The minimum absolute atomic E-state index is 0.0613. The molecular weight excluding hydrogens is 152 g/mol. The number of aromatic amines is 1. The molecule has 3 heteroatoms. The predicted octanol–water partition coefficient (Wildman–Crippen LogP) is 1.33. The quantitative estimate of drug-likeness (QED) is 0.671. The first-order chi connectivity index (χ1) is 5.54. The van der Waals surface area contributed by atoms with E-state index in [0.717, 1.165) is 16.8 Å². The third kappa shape index (κ3) is 1.35. The van der Waals surface area contributed by atoms with Crippen LogP contribution < -0.4 is 0 Å². The highest BCUT2D eigenvalue weighted by atomic mass is 16.2. The van der Waals surface area contributed by atoms with E-state index in [0.29, 0.717) is 0 Å². The van der Waals surface area contributed by atoms with E-state index >= 15 is 0 Å². The number of nitrogens with one attached hydrogen (secondary N) is 1. The van der Waals surface area contributed by atoms with Gasteiger partial charge in [0.05, 0.1) is 5.56 Å². The van der Waals surface area contributed by atoms with Crippen LogP contribution in [-0.2, 0) is 0 Å². The van der Waals surface area contributed by atoms with Crippen molar-refractivity contribution in [3.63, 3.8) is 0 Å².